The maximum Gasteiger partial charge on any atom is 0.237 e. The van der Waals surface area contributed by atoms with E-state index in [4.69, 9.17) is 5.73 Å². The van der Waals surface area contributed by atoms with Gasteiger partial charge in [-0.15, -0.1) is 0 Å². The third-order valence-corrected chi connectivity index (χ3v) is 4.21. The molecule has 0 saturated heterocycles. The van der Waals surface area contributed by atoms with Crippen molar-refractivity contribution in [1.29, 1.82) is 0 Å². The highest BCUT2D eigenvalue weighted by molar-refractivity contribution is 7.86. The predicted octanol–water partition coefficient (Wildman–Crippen LogP) is 2.46. The van der Waals surface area contributed by atoms with E-state index in [1.165, 1.54) is 18.2 Å². The van der Waals surface area contributed by atoms with E-state index in [1.54, 1.807) is 24.3 Å². The Kier molecular flexibility index (Phi) is 4.70. The molecule has 1 unspecified atom stereocenters. The lowest BCUT2D eigenvalue weighted by Gasteiger charge is -2.08. The normalized spacial score (nSPS) is 11.9. The molecule has 21 heavy (non-hydrogen) atoms. The summed E-state index contributed by atoms with van der Waals surface area (Å²) in [7, 11) is -1.57. The van der Waals surface area contributed by atoms with Crippen molar-refractivity contribution in [2.75, 3.05) is 16.8 Å². The first-order valence-corrected chi connectivity index (χ1v) is 7.58. The summed E-state index contributed by atoms with van der Waals surface area (Å²) in [5, 5.41) is 2.39. The van der Waals surface area contributed by atoms with Gasteiger partial charge in [0.15, 0.2) is 0 Å². The van der Waals surface area contributed by atoms with Crippen molar-refractivity contribution in [2.45, 2.75) is 11.8 Å². The van der Waals surface area contributed by atoms with Gasteiger partial charge in [-0.1, -0.05) is 18.2 Å². The second-order valence-corrected chi connectivity index (χ2v) is 5.98. The largest absolute Gasteiger partial charge is 0.398 e. The van der Waals surface area contributed by atoms with Gasteiger partial charge in [-0.3, -0.25) is 9.00 Å². The molecule has 1 amide bonds. The lowest BCUT2D eigenvalue weighted by molar-refractivity contribution is -0.113. The summed E-state index contributed by atoms with van der Waals surface area (Å²) in [6.45, 7) is 1.87. The fourth-order valence-electron chi connectivity index (χ4n) is 1.82. The Morgan fingerprint density at radius 2 is 2.00 bits per heavy atom. The third-order valence-electron chi connectivity index (χ3n) is 2.82. The van der Waals surface area contributed by atoms with Crippen molar-refractivity contribution in [3.05, 3.63) is 53.8 Å². The van der Waals surface area contributed by atoms with E-state index in [2.05, 4.69) is 5.32 Å². The maximum absolute atomic E-state index is 13.4. The Bertz CT molecular complexity index is 704. The summed E-state index contributed by atoms with van der Waals surface area (Å²) in [6.07, 6.45) is 0. The van der Waals surface area contributed by atoms with Gasteiger partial charge in [-0.25, -0.2) is 4.39 Å². The van der Waals surface area contributed by atoms with Crippen LogP contribution in [-0.4, -0.2) is 15.9 Å². The minimum absolute atomic E-state index is 0.0661. The topological polar surface area (TPSA) is 72.2 Å². The number of aryl methyl sites for hydroxylation is 1. The molecule has 1 atom stereocenters. The van der Waals surface area contributed by atoms with Crippen LogP contribution in [0.25, 0.3) is 0 Å². The smallest absolute Gasteiger partial charge is 0.237 e. The number of para-hydroxylation sites is 1. The SMILES string of the molecule is Cc1ccc(S(=O)CC(=O)Nc2ccccc2F)c(N)c1. The molecule has 2 aromatic carbocycles. The van der Waals surface area contributed by atoms with Crippen LogP contribution in [0.3, 0.4) is 0 Å². The predicted molar refractivity (Wildman–Crippen MR) is 81.9 cm³/mol. The quantitative estimate of drug-likeness (QED) is 0.852. The first-order valence-electron chi connectivity index (χ1n) is 6.26. The van der Waals surface area contributed by atoms with Gasteiger partial charge in [0.2, 0.25) is 5.91 Å². The van der Waals surface area contributed by atoms with Crippen molar-refractivity contribution in [3.63, 3.8) is 0 Å². The molecule has 0 aromatic heterocycles. The number of benzene rings is 2. The fraction of sp³-hybridized carbons (Fsp3) is 0.133. The summed E-state index contributed by atoms with van der Waals surface area (Å²) < 4.78 is 25.5. The molecule has 110 valence electrons. The van der Waals surface area contributed by atoms with Gasteiger partial charge >= 0.3 is 0 Å². The first-order chi connectivity index (χ1) is 9.97. The van der Waals surface area contributed by atoms with E-state index < -0.39 is 22.5 Å². The van der Waals surface area contributed by atoms with E-state index in [-0.39, 0.29) is 11.4 Å². The number of carbonyl (C=O) groups is 1. The fourth-order valence-corrected chi connectivity index (χ4v) is 2.83. The first kappa shape index (κ1) is 15.2. The molecule has 2 rings (SSSR count). The van der Waals surface area contributed by atoms with Crippen LogP contribution in [0.5, 0.6) is 0 Å². The average molecular weight is 306 g/mol. The lowest BCUT2D eigenvalue weighted by Crippen LogP contribution is -2.20. The number of anilines is 2. The highest BCUT2D eigenvalue weighted by Crippen LogP contribution is 2.18. The Balaban J connectivity index is 2.06. The molecule has 3 N–H and O–H groups in total. The molecular weight excluding hydrogens is 291 g/mol. The van der Waals surface area contributed by atoms with E-state index in [1.807, 2.05) is 6.92 Å². The Labute approximate surface area is 124 Å². The van der Waals surface area contributed by atoms with Gasteiger partial charge in [0, 0.05) is 5.69 Å². The number of halogens is 1. The van der Waals surface area contributed by atoms with Gasteiger partial charge in [-0.05, 0) is 36.8 Å². The zero-order valence-electron chi connectivity index (χ0n) is 11.4. The zero-order valence-corrected chi connectivity index (χ0v) is 12.2. The molecule has 4 nitrogen and oxygen atoms in total. The molecule has 0 saturated carbocycles. The van der Waals surface area contributed by atoms with E-state index >= 15 is 0 Å². The summed E-state index contributed by atoms with van der Waals surface area (Å²) in [5.41, 5.74) is 7.19. The molecule has 0 bridgehead atoms. The Hall–Kier alpha value is -2.21. The number of carbonyl (C=O) groups excluding carboxylic acids is 1. The minimum Gasteiger partial charge on any atom is -0.398 e. The standard InChI is InChI=1S/C15H15FN2O2S/c1-10-6-7-14(12(17)8-10)21(20)9-15(19)18-13-5-3-2-4-11(13)16/h2-8H,9,17H2,1H3,(H,18,19). The Morgan fingerprint density at radius 3 is 2.67 bits per heavy atom. The van der Waals surface area contributed by atoms with Crippen molar-refractivity contribution in [2.24, 2.45) is 0 Å². The van der Waals surface area contributed by atoms with Crippen LogP contribution in [0.2, 0.25) is 0 Å². The second-order valence-electron chi connectivity index (χ2n) is 4.56. The number of nitrogen functional groups attached to an aromatic ring is 1. The molecule has 0 aliphatic heterocycles. The number of amides is 1. The summed E-state index contributed by atoms with van der Waals surface area (Å²) >= 11 is 0. The number of rotatable bonds is 4. The summed E-state index contributed by atoms with van der Waals surface area (Å²) in [6, 6.07) is 10.9. The van der Waals surface area contributed by atoms with Crippen LogP contribution in [0.1, 0.15) is 5.56 Å². The van der Waals surface area contributed by atoms with Gasteiger partial charge in [0.05, 0.1) is 21.4 Å². The van der Waals surface area contributed by atoms with E-state index in [0.29, 0.717) is 10.6 Å². The number of hydrogen-bond donors (Lipinski definition) is 2. The number of nitrogens with two attached hydrogens (primary N) is 1. The number of hydrogen-bond acceptors (Lipinski definition) is 3. The van der Waals surface area contributed by atoms with Gasteiger partial charge in [0.25, 0.3) is 0 Å². The molecular formula is C15H15FN2O2S. The van der Waals surface area contributed by atoms with Crippen molar-refractivity contribution in [1.82, 2.24) is 0 Å². The molecule has 0 spiro atoms. The van der Waals surface area contributed by atoms with Crippen LogP contribution in [0.15, 0.2) is 47.4 Å². The van der Waals surface area contributed by atoms with Crippen molar-refractivity contribution < 1.29 is 13.4 Å². The number of nitrogens with one attached hydrogen (secondary N) is 1. The van der Waals surface area contributed by atoms with Crippen LogP contribution < -0.4 is 11.1 Å². The molecule has 0 heterocycles. The van der Waals surface area contributed by atoms with Crippen LogP contribution in [0, 0.1) is 12.7 Å². The molecule has 0 aliphatic carbocycles. The minimum atomic E-state index is -1.57. The monoisotopic (exact) mass is 306 g/mol. The highest BCUT2D eigenvalue weighted by atomic mass is 32.2. The van der Waals surface area contributed by atoms with E-state index in [9.17, 15) is 13.4 Å². The summed E-state index contributed by atoms with van der Waals surface area (Å²) in [5.74, 6) is -1.34. The molecule has 6 heteroatoms. The lowest BCUT2D eigenvalue weighted by atomic mass is 10.2. The molecule has 0 radical (unpaired) electrons. The third kappa shape index (κ3) is 3.88. The van der Waals surface area contributed by atoms with Crippen LogP contribution in [0.4, 0.5) is 15.8 Å². The van der Waals surface area contributed by atoms with Crippen molar-refractivity contribution in [3.8, 4) is 0 Å². The molecule has 0 fully saturated rings. The van der Waals surface area contributed by atoms with Gasteiger partial charge in [0.1, 0.15) is 11.6 Å². The molecule has 2 aromatic rings. The van der Waals surface area contributed by atoms with Crippen LogP contribution >= 0.6 is 0 Å². The average Bonchev–Trinajstić information content (AvgIpc) is 2.41. The maximum atomic E-state index is 13.4. The second kappa shape index (κ2) is 6.49. The van der Waals surface area contributed by atoms with Gasteiger partial charge < -0.3 is 11.1 Å². The Morgan fingerprint density at radius 1 is 1.29 bits per heavy atom. The summed E-state index contributed by atoms with van der Waals surface area (Å²) in [4.78, 5) is 12.2. The van der Waals surface area contributed by atoms with Crippen molar-refractivity contribution >= 4 is 28.1 Å². The molecule has 0 aliphatic rings. The van der Waals surface area contributed by atoms with Crippen LogP contribution in [-0.2, 0) is 15.6 Å². The zero-order chi connectivity index (χ0) is 15.4. The highest BCUT2D eigenvalue weighted by Gasteiger charge is 2.14. The van der Waals surface area contributed by atoms with E-state index in [0.717, 1.165) is 5.56 Å². The van der Waals surface area contributed by atoms with Gasteiger partial charge in [-0.2, -0.15) is 0 Å².